The third-order valence-electron chi connectivity index (χ3n) is 2.80. The molecule has 0 aliphatic carbocycles. The molecule has 2 heterocycles. The molecule has 3 rings (SSSR count). The van der Waals surface area contributed by atoms with E-state index in [9.17, 15) is 0 Å². The summed E-state index contributed by atoms with van der Waals surface area (Å²) in [7, 11) is 0. The average Bonchev–Trinajstić information content (AvgIpc) is 2.98. The summed E-state index contributed by atoms with van der Waals surface area (Å²) in [5, 5.41) is 3.97. The summed E-state index contributed by atoms with van der Waals surface area (Å²) in [5.74, 6) is 1.05. The van der Waals surface area contributed by atoms with Crippen LogP contribution in [0.15, 0.2) is 53.3 Å². The van der Waals surface area contributed by atoms with Crippen molar-refractivity contribution in [2.45, 2.75) is 6.54 Å². The van der Waals surface area contributed by atoms with Crippen LogP contribution in [0.2, 0.25) is 0 Å². The summed E-state index contributed by atoms with van der Waals surface area (Å²) in [6, 6.07) is 11.4. The molecular weight excluding hydrogens is 276 g/mol. The second-order valence-corrected chi connectivity index (χ2v) is 4.06. The molecule has 2 aromatic heterocycles. The van der Waals surface area contributed by atoms with Crippen molar-refractivity contribution in [1.29, 1.82) is 0 Å². The number of nitrogens with zero attached hydrogens (tertiary/aromatic N) is 3. The monoisotopic (exact) mass is 288 g/mol. The standard InChI is InChI=1S/C14H12N4O.ClH/c15-9-10-1-3-12(4-2-10)14-17-13(18-19-14)11-5-7-16-8-6-11;/h1-8H,9,15H2;1H. The van der Waals surface area contributed by atoms with Crippen molar-refractivity contribution in [2.75, 3.05) is 0 Å². The molecule has 0 saturated carbocycles. The molecule has 0 unspecified atom stereocenters. The van der Waals surface area contributed by atoms with Gasteiger partial charge in [-0.15, -0.1) is 12.4 Å². The Kier molecular flexibility index (Phi) is 4.45. The van der Waals surface area contributed by atoms with Gasteiger partial charge in [-0.05, 0) is 29.8 Å². The molecule has 0 aliphatic rings. The molecule has 0 radical (unpaired) electrons. The van der Waals surface area contributed by atoms with E-state index in [1.54, 1.807) is 12.4 Å². The molecule has 1 aromatic carbocycles. The van der Waals surface area contributed by atoms with Crippen LogP contribution in [0.5, 0.6) is 0 Å². The van der Waals surface area contributed by atoms with Crippen LogP contribution >= 0.6 is 12.4 Å². The van der Waals surface area contributed by atoms with Gasteiger partial charge in [-0.2, -0.15) is 4.98 Å². The Labute approximate surface area is 122 Å². The summed E-state index contributed by atoms with van der Waals surface area (Å²) >= 11 is 0. The van der Waals surface area contributed by atoms with Crippen LogP contribution in [0.3, 0.4) is 0 Å². The van der Waals surface area contributed by atoms with Gasteiger partial charge in [0.15, 0.2) is 0 Å². The number of aromatic nitrogens is 3. The van der Waals surface area contributed by atoms with E-state index in [0.29, 0.717) is 18.3 Å². The predicted octanol–water partition coefficient (Wildman–Crippen LogP) is 2.68. The zero-order chi connectivity index (χ0) is 13.1. The van der Waals surface area contributed by atoms with Crippen molar-refractivity contribution in [3.63, 3.8) is 0 Å². The Morgan fingerprint density at radius 2 is 1.65 bits per heavy atom. The molecule has 0 bridgehead atoms. The van der Waals surface area contributed by atoms with Gasteiger partial charge in [-0.1, -0.05) is 17.3 Å². The second kappa shape index (κ2) is 6.27. The van der Waals surface area contributed by atoms with Crippen LogP contribution in [0, 0.1) is 0 Å². The molecule has 0 aliphatic heterocycles. The maximum atomic E-state index is 5.56. The number of hydrogen-bond acceptors (Lipinski definition) is 5. The molecule has 20 heavy (non-hydrogen) atoms. The highest BCUT2D eigenvalue weighted by molar-refractivity contribution is 5.85. The van der Waals surface area contributed by atoms with Crippen molar-refractivity contribution >= 4 is 12.4 Å². The maximum absolute atomic E-state index is 5.56. The molecule has 6 heteroatoms. The second-order valence-electron chi connectivity index (χ2n) is 4.06. The average molecular weight is 289 g/mol. The first-order chi connectivity index (χ1) is 9.36. The molecule has 3 aromatic rings. The van der Waals surface area contributed by atoms with Gasteiger partial charge in [-0.25, -0.2) is 0 Å². The fourth-order valence-corrected chi connectivity index (χ4v) is 1.74. The Morgan fingerprint density at radius 3 is 2.30 bits per heavy atom. The molecule has 102 valence electrons. The third-order valence-corrected chi connectivity index (χ3v) is 2.80. The molecule has 0 amide bonds. The smallest absolute Gasteiger partial charge is 0.258 e. The first-order valence-electron chi connectivity index (χ1n) is 5.90. The molecule has 0 atom stereocenters. The minimum absolute atomic E-state index is 0. The number of rotatable bonds is 3. The predicted molar refractivity (Wildman–Crippen MR) is 78.1 cm³/mol. The van der Waals surface area contributed by atoms with Crippen molar-refractivity contribution in [3.8, 4) is 22.8 Å². The quantitative estimate of drug-likeness (QED) is 0.801. The van der Waals surface area contributed by atoms with Crippen molar-refractivity contribution < 1.29 is 4.52 Å². The van der Waals surface area contributed by atoms with Crippen molar-refractivity contribution in [1.82, 2.24) is 15.1 Å². The first-order valence-corrected chi connectivity index (χ1v) is 5.90. The van der Waals surface area contributed by atoms with Crippen LogP contribution in [0.4, 0.5) is 0 Å². The van der Waals surface area contributed by atoms with Crippen molar-refractivity contribution in [2.24, 2.45) is 5.73 Å². The summed E-state index contributed by atoms with van der Waals surface area (Å²) in [4.78, 5) is 8.33. The van der Waals surface area contributed by atoms with Crippen LogP contribution in [0.1, 0.15) is 5.56 Å². The zero-order valence-electron chi connectivity index (χ0n) is 10.6. The van der Waals surface area contributed by atoms with E-state index in [2.05, 4.69) is 15.1 Å². The summed E-state index contributed by atoms with van der Waals surface area (Å²) in [6.45, 7) is 0.520. The SMILES string of the molecule is Cl.NCc1ccc(-c2nc(-c3ccncc3)no2)cc1. The zero-order valence-corrected chi connectivity index (χ0v) is 11.4. The van der Waals surface area contributed by atoms with Gasteiger partial charge in [0.25, 0.3) is 5.89 Å². The highest BCUT2D eigenvalue weighted by Gasteiger charge is 2.09. The van der Waals surface area contributed by atoms with E-state index in [0.717, 1.165) is 16.7 Å². The Balaban J connectivity index is 0.00000147. The van der Waals surface area contributed by atoms with E-state index in [1.165, 1.54) is 0 Å². The fraction of sp³-hybridized carbons (Fsp3) is 0.0714. The normalized spacial score (nSPS) is 10.1. The lowest BCUT2D eigenvalue weighted by Crippen LogP contribution is -1.95. The van der Waals surface area contributed by atoms with Crippen LogP contribution in [0.25, 0.3) is 22.8 Å². The third kappa shape index (κ3) is 2.84. The van der Waals surface area contributed by atoms with Crippen LogP contribution < -0.4 is 5.73 Å². The van der Waals surface area contributed by atoms with E-state index < -0.39 is 0 Å². The van der Waals surface area contributed by atoms with Crippen LogP contribution in [-0.2, 0) is 6.54 Å². The van der Waals surface area contributed by atoms with Gasteiger partial charge in [0.2, 0.25) is 5.82 Å². The Hall–Kier alpha value is -2.24. The lowest BCUT2D eigenvalue weighted by atomic mass is 10.1. The highest BCUT2D eigenvalue weighted by atomic mass is 35.5. The number of pyridine rings is 1. The van der Waals surface area contributed by atoms with Gasteiger partial charge in [-0.3, -0.25) is 4.98 Å². The van der Waals surface area contributed by atoms with Crippen molar-refractivity contribution in [3.05, 3.63) is 54.4 Å². The molecule has 5 nitrogen and oxygen atoms in total. The Morgan fingerprint density at radius 1 is 0.950 bits per heavy atom. The molecule has 0 spiro atoms. The highest BCUT2D eigenvalue weighted by Crippen LogP contribution is 2.21. The van der Waals surface area contributed by atoms with Gasteiger partial charge in [0.1, 0.15) is 0 Å². The summed E-state index contributed by atoms with van der Waals surface area (Å²) in [6.07, 6.45) is 3.39. The lowest BCUT2D eigenvalue weighted by Gasteiger charge is -1.97. The molecule has 0 fully saturated rings. The number of benzene rings is 1. The molecular formula is C14H13ClN4O. The molecule has 0 saturated heterocycles. The topological polar surface area (TPSA) is 77.8 Å². The maximum Gasteiger partial charge on any atom is 0.258 e. The number of hydrogen-bond donors (Lipinski definition) is 1. The van der Waals surface area contributed by atoms with E-state index in [4.69, 9.17) is 10.3 Å². The number of nitrogens with two attached hydrogens (primary N) is 1. The summed E-state index contributed by atoms with van der Waals surface area (Å²) in [5.41, 5.74) is 8.39. The Bertz CT molecular complexity index is 667. The first kappa shape index (κ1) is 14.2. The summed E-state index contributed by atoms with van der Waals surface area (Å²) < 4.78 is 5.27. The van der Waals surface area contributed by atoms with E-state index >= 15 is 0 Å². The minimum atomic E-state index is 0. The lowest BCUT2D eigenvalue weighted by molar-refractivity contribution is 0.432. The fourth-order valence-electron chi connectivity index (χ4n) is 1.74. The van der Waals surface area contributed by atoms with Gasteiger partial charge in [0, 0.05) is 30.1 Å². The number of halogens is 1. The minimum Gasteiger partial charge on any atom is -0.334 e. The van der Waals surface area contributed by atoms with Gasteiger partial charge < -0.3 is 10.3 Å². The van der Waals surface area contributed by atoms with E-state index in [-0.39, 0.29) is 12.4 Å². The largest absolute Gasteiger partial charge is 0.334 e. The van der Waals surface area contributed by atoms with Gasteiger partial charge in [0.05, 0.1) is 0 Å². The van der Waals surface area contributed by atoms with Crippen LogP contribution in [-0.4, -0.2) is 15.1 Å². The van der Waals surface area contributed by atoms with Gasteiger partial charge >= 0.3 is 0 Å². The van der Waals surface area contributed by atoms with E-state index in [1.807, 2.05) is 36.4 Å². The molecule has 2 N–H and O–H groups in total.